The Labute approximate surface area is 188 Å². The summed E-state index contributed by atoms with van der Waals surface area (Å²) in [5.74, 6) is 0.915. The van der Waals surface area contributed by atoms with Crippen LogP contribution < -0.4 is 10.5 Å². The first-order chi connectivity index (χ1) is 15.0. The number of aromatic nitrogens is 1. The Kier molecular flexibility index (Phi) is 5.92. The molecule has 2 fully saturated rings. The van der Waals surface area contributed by atoms with Crippen molar-refractivity contribution in [3.8, 4) is 5.75 Å². The highest BCUT2D eigenvalue weighted by molar-refractivity contribution is 7.19. The molecule has 3 aliphatic rings. The van der Waals surface area contributed by atoms with Crippen molar-refractivity contribution in [3.63, 3.8) is 0 Å². The summed E-state index contributed by atoms with van der Waals surface area (Å²) in [5.41, 5.74) is 6.80. The number of pyridine rings is 1. The molecule has 7 heteroatoms. The molecule has 2 aromatic rings. The summed E-state index contributed by atoms with van der Waals surface area (Å²) < 4.78 is 12.5. The van der Waals surface area contributed by atoms with Gasteiger partial charge in [0.25, 0.3) is 0 Å². The van der Waals surface area contributed by atoms with E-state index in [1.54, 1.807) is 11.3 Å². The van der Waals surface area contributed by atoms with Crippen molar-refractivity contribution in [2.24, 2.45) is 5.73 Å². The summed E-state index contributed by atoms with van der Waals surface area (Å²) in [6, 6.07) is 2.64. The van der Waals surface area contributed by atoms with Crippen LogP contribution in [0.4, 0.5) is 0 Å². The topological polar surface area (TPSA) is 77.7 Å². The summed E-state index contributed by atoms with van der Waals surface area (Å²) in [6.07, 6.45) is 9.64. The molecule has 168 valence electrons. The van der Waals surface area contributed by atoms with Gasteiger partial charge in [-0.2, -0.15) is 0 Å². The van der Waals surface area contributed by atoms with Crippen molar-refractivity contribution in [3.05, 3.63) is 22.7 Å². The van der Waals surface area contributed by atoms with Gasteiger partial charge >= 0.3 is 0 Å². The third-order valence-electron chi connectivity index (χ3n) is 7.14. The van der Waals surface area contributed by atoms with Crippen molar-refractivity contribution >= 4 is 27.5 Å². The van der Waals surface area contributed by atoms with Gasteiger partial charge in [0, 0.05) is 36.6 Å². The first-order valence-electron chi connectivity index (χ1n) is 11.7. The second kappa shape index (κ2) is 8.68. The van der Waals surface area contributed by atoms with Gasteiger partial charge in [-0.05, 0) is 69.9 Å². The smallest absolute Gasteiger partial charge is 0.218 e. The first-order valence-corrected chi connectivity index (χ1v) is 12.5. The predicted molar refractivity (Wildman–Crippen MR) is 123 cm³/mol. The van der Waals surface area contributed by atoms with Crippen LogP contribution in [-0.2, 0) is 16.0 Å². The van der Waals surface area contributed by atoms with Gasteiger partial charge < -0.3 is 15.2 Å². The zero-order chi connectivity index (χ0) is 21.5. The first kappa shape index (κ1) is 21.2. The Morgan fingerprint density at radius 3 is 2.68 bits per heavy atom. The zero-order valence-electron chi connectivity index (χ0n) is 18.5. The van der Waals surface area contributed by atoms with Crippen LogP contribution in [0.5, 0.6) is 5.75 Å². The Morgan fingerprint density at radius 2 is 1.97 bits per heavy atom. The van der Waals surface area contributed by atoms with Gasteiger partial charge in [-0.25, -0.2) is 4.98 Å². The predicted octanol–water partition coefficient (Wildman–Crippen LogP) is 4.00. The van der Waals surface area contributed by atoms with Crippen molar-refractivity contribution in [1.82, 2.24) is 9.88 Å². The fourth-order valence-electron chi connectivity index (χ4n) is 5.90. The lowest BCUT2D eigenvalue weighted by Gasteiger charge is -2.42. The van der Waals surface area contributed by atoms with Gasteiger partial charge in [0.2, 0.25) is 5.91 Å². The summed E-state index contributed by atoms with van der Waals surface area (Å²) in [7, 11) is 0. The molecule has 31 heavy (non-hydrogen) atoms. The fourth-order valence-corrected chi connectivity index (χ4v) is 7.16. The molecule has 3 heterocycles. The van der Waals surface area contributed by atoms with Crippen LogP contribution in [-0.4, -0.2) is 53.2 Å². The molecule has 0 radical (unpaired) electrons. The van der Waals surface area contributed by atoms with Gasteiger partial charge in [0.1, 0.15) is 10.6 Å². The lowest BCUT2D eigenvalue weighted by Crippen LogP contribution is -2.51. The van der Waals surface area contributed by atoms with E-state index < -0.39 is 0 Å². The molecule has 1 amide bonds. The van der Waals surface area contributed by atoms with Crippen LogP contribution in [0.3, 0.4) is 0 Å². The maximum absolute atomic E-state index is 11.6. The molecular weight excluding hydrogens is 410 g/mol. The molecule has 1 saturated carbocycles. The molecule has 2 aromatic heterocycles. The number of rotatable bonds is 5. The molecule has 0 aromatic carbocycles. The normalized spacial score (nSPS) is 31.6. The Hall–Kier alpha value is -1.70. The average molecular weight is 444 g/mol. The number of hydrogen-bond acceptors (Lipinski definition) is 6. The molecule has 3 atom stereocenters. The summed E-state index contributed by atoms with van der Waals surface area (Å²) in [5, 5.41) is 1.13. The highest BCUT2D eigenvalue weighted by atomic mass is 32.1. The van der Waals surface area contributed by atoms with Gasteiger partial charge in [-0.1, -0.05) is 0 Å². The number of thiophene rings is 1. The molecule has 0 bridgehead atoms. The molecule has 0 unspecified atom stereocenters. The number of amides is 1. The quantitative estimate of drug-likeness (QED) is 0.756. The van der Waals surface area contributed by atoms with Crippen LogP contribution >= 0.6 is 11.3 Å². The lowest BCUT2D eigenvalue weighted by molar-refractivity contribution is -0.118. The number of fused-ring (bicyclic) bond motifs is 3. The van der Waals surface area contributed by atoms with Gasteiger partial charge in [0.15, 0.2) is 0 Å². The molecular formula is C24H33N3O3S. The third kappa shape index (κ3) is 4.32. The van der Waals surface area contributed by atoms with E-state index >= 15 is 0 Å². The number of morpholine rings is 1. The number of carbonyl (C=O) groups excluding carboxylic acids is 1. The van der Waals surface area contributed by atoms with E-state index in [0.717, 1.165) is 54.7 Å². The highest BCUT2D eigenvalue weighted by Crippen LogP contribution is 2.48. The van der Waals surface area contributed by atoms with Gasteiger partial charge in [0.05, 0.1) is 23.7 Å². The number of carbonyl (C=O) groups is 1. The highest BCUT2D eigenvalue weighted by Gasteiger charge is 2.33. The molecule has 0 spiro atoms. The molecule has 2 aliphatic carbocycles. The largest absolute Gasteiger partial charge is 0.490 e. The van der Waals surface area contributed by atoms with Crippen LogP contribution in [0.2, 0.25) is 0 Å². The second-order valence-corrected chi connectivity index (χ2v) is 10.7. The Bertz CT molecular complexity index is 943. The minimum Gasteiger partial charge on any atom is -0.490 e. The maximum Gasteiger partial charge on any atom is 0.218 e. The van der Waals surface area contributed by atoms with Crippen molar-refractivity contribution in [2.75, 3.05) is 13.1 Å². The average Bonchev–Trinajstić information content (AvgIpc) is 3.27. The van der Waals surface area contributed by atoms with Crippen LogP contribution in [0.1, 0.15) is 68.7 Å². The van der Waals surface area contributed by atoms with Crippen LogP contribution in [0.25, 0.3) is 10.2 Å². The SMILES string of the molecule is C[C@@H]1CN(C2CCC(Oc3ccnc4sc5c(c34)[C@@H](CC(N)=O)CC5)CC2)C[C@H](C)O1. The molecule has 2 N–H and O–H groups in total. The van der Waals surface area contributed by atoms with E-state index in [-0.39, 0.29) is 17.9 Å². The summed E-state index contributed by atoms with van der Waals surface area (Å²) in [4.78, 5) is 21.2. The summed E-state index contributed by atoms with van der Waals surface area (Å²) >= 11 is 1.75. The zero-order valence-corrected chi connectivity index (χ0v) is 19.3. The van der Waals surface area contributed by atoms with E-state index in [9.17, 15) is 4.79 Å². The standard InChI is InChI=1S/C24H33N3O3S/c1-14-12-27(13-15(2)29-14)17-4-6-18(7-5-17)30-19-9-10-26-24-23(19)22-16(11-21(25)28)3-8-20(22)31-24/h9-10,14-18H,3-8,11-13H2,1-2H3,(H2,25,28)/t14-,15+,16-,17?,18?/m1/s1. The number of primary amides is 1. The van der Waals surface area contributed by atoms with E-state index in [2.05, 4.69) is 23.7 Å². The monoisotopic (exact) mass is 443 g/mol. The minimum atomic E-state index is -0.228. The number of hydrogen-bond donors (Lipinski definition) is 1. The summed E-state index contributed by atoms with van der Waals surface area (Å²) in [6.45, 7) is 6.43. The van der Waals surface area contributed by atoms with E-state index in [4.69, 9.17) is 15.2 Å². The number of ether oxygens (including phenoxy) is 2. The third-order valence-corrected chi connectivity index (χ3v) is 8.32. The maximum atomic E-state index is 11.6. The van der Waals surface area contributed by atoms with Crippen molar-refractivity contribution in [2.45, 2.75) is 89.1 Å². The second-order valence-electron chi connectivity index (χ2n) is 9.59. The van der Waals surface area contributed by atoms with Crippen LogP contribution in [0, 0.1) is 0 Å². The molecule has 6 nitrogen and oxygen atoms in total. The lowest BCUT2D eigenvalue weighted by atomic mass is 9.91. The Morgan fingerprint density at radius 1 is 1.23 bits per heavy atom. The van der Waals surface area contributed by atoms with Gasteiger partial charge in [-0.3, -0.25) is 9.69 Å². The van der Waals surface area contributed by atoms with Crippen LogP contribution in [0.15, 0.2) is 12.3 Å². The Balaban J connectivity index is 1.29. The number of nitrogens with zero attached hydrogens (tertiary/aromatic N) is 2. The van der Waals surface area contributed by atoms with E-state index in [1.165, 1.54) is 23.3 Å². The molecule has 1 saturated heterocycles. The fraction of sp³-hybridized carbons (Fsp3) is 0.667. The molecule has 1 aliphatic heterocycles. The van der Waals surface area contributed by atoms with E-state index in [1.807, 2.05) is 12.3 Å². The molecule has 5 rings (SSSR count). The van der Waals surface area contributed by atoms with Gasteiger partial charge in [-0.15, -0.1) is 11.3 Å². The van der Waals surface area contributed by atoms with Crippen molar-refractivity contribution < 1.29 is 14.3 Å². The minimum absolute atomic E-state index is 0.203. The van der Waals surface area contributed by atoms with E-state index in [0.29, 0.717) is 24.7 Å². The number of nitrogens with two attached hydrogens (primary N) is 1. The number of aryl methyl sites for hydroxylation is 1. The van der Waals surface area contributed by atoms with Crippen molar-refractivity contribution in [1.29, 1.82) is 0 Å².